The van der Waals surface area contributed by atoms with Gasteiger partial charge in [-0.05, 0) is 45.9 Å². The first-order valence-corrected chi connectivity index (χ1v) is 11.2. The molecule has 0 aliphatic carbocycles. The zero-order chi connectivity index (χ0) is 23.7. The van der Waals surface area contributed by atoms with Crippen molar-refractivity contribution in [1.29, 1.82) is 0 Å². The molecule has 1 amide bonds. The lowest BCUT2D eigenvalue weighted by atomic mass is 10.2. The molecule has 1 aromatic carbocycles. The average molecular weight is 450 g/mol. The summed E-state index contributed by atoms with van der Waals surface area (Å²) in [6.07, 6.45) is 3.19. The van der Waals surface area contributed by atoms with Gasteiger partial charge in [0.15, 0.2) is 11.5 Å². The smallest absolute Gasteiger partial charge is 0.269 e. The van der Waals surface area contributed by atoms with Crippen molar-refractivity contribution in [3.63, 3.8) is 0 Å². The summed E-state index contributed by atoms with van der Waals surface area (Å²) < 4.78 is 31.4. The van der Waals surface area contributed by atoms with Crippen LogP contribution in [0.5, 0.6) is 0 Å². The van der Waals surface area contributed by atoms with E-state index in [1.54, 1.807) is 37.4 Å². The summed E-state index contributed by atoms with van der Waals surface area (Å²) in [6, 6.07) is 8.11. The maximum Gasteiger partial charge on any atom is 0.269 e. The third-order valence-corrected chi connectivity index (χ3v) is 5.49. The Bertz CT molecular complexity index is 1070. The van der Waals surface area contributed by atoms with Crippen LogP contribution in [0.2, 0.25) is 0 Å². The summed E-state index contributed by atoms with van der Waals surface area (Å²) in [5.74, 6) is 0.301. The van der Waals surface area contributed by atoms with E-state index in [9.17, 15) is 13.2 Å². The minimum Gasteiger partial charge on any atom is -0.379 e. The van der Waals surface area contributed by atoms with Crippen molar-refractivity contribution in [1.82, 2.24) is 19.4 Å². The van der Waals surface area contributed by atoms with Gasteiger partial charge in [-0.3, -0.25) is 15.6 Å². The van der Waals surface area contributed by atoms with Crippen LogP contribution in [0.4, 0.5) is 5.82 Å². The monoisotopic (exact) mass is 449 g/mol. The number of methoxy groups -OCH3 is 1. The largest absolute Gasteiger partial charge is 0.379 e. The first kappa shape index (κ1) is 26.1. The first-order chi connectivity index (χ1) is 14.6. The van der Waals surface area contributed by atoms with E-state index >= 15 is 0 Å². The Morgan fingerprint density at radius 2 is 1.68 bits per heavy atom. The van der Waals surface area contributed by atoms with Gasteiger partial charge in [0, 0.05) is 13.3 Å². The summed E-state index contributed by atoms with van der Waals surface area (Å²) >= 11 is 0. The van der Waals surface area contributed by atoms with Gasteiger partial charge in [0.25, 0.3) is 10.0 Å². The molecule has 0 aliphatic rings. The van der Waals surface area contributed by atoms with Crippen LogP contribution < -0.4 is 10.9 Å². The molecule has 9 nitrogen and oxygen atoms in total. The molecule has 0 saturated carbocycles. The van der Waals surface area contributed by atoms with Crippen LogP contribution in [0.25, 0.3) is 11.2 Å². The van der Waals surface area contributed by atoms with E-state index in [1.807, 2.05) is 41.5 Å². The van der Waals surface area contributed by atoms with Crippen molar-refractivity contribution >= 4 is 33.4 Å². The number of carbonyl (C=O) groups excluding carboxylic acids is 1. The lowest BCUT2D eigenvalue weighted by Crippen LogP contribution is -2.20. The molecule has 3 aromatic rings. The Morgan fingerprint density at radius 3 is 2.19 bits per heavy atom. The van der Waals surface area contributed by atoms with E-state index < -0.39 is 10.0 Å². The maximum absolute atomic E-state index is 12.7. The fourth-order valence-electron chi connectivity index (χ4n) is 2.07. The minimum absolute atomic E-state index is 0.0417. The van der Waals surface area contributed by atoms with Gasteiger partial charge in [0.05, 0.1) is 16.7 Å². The molecule has 0 unspecified atom stereocenters. The van der Waals surface area contributed by atoms with Gasteiger partial charge >= 0.3 is 0 Å². The van der Waals surface area contributed by atoms with Crippen LogP contribution in [0.15, 0.2) is 47.6 Å². The van der Waals surface area contributed by atoms with Crippen LogP contribution >= 0.6 is 0 Å². The van der Waals surface area contributed by atoms with Gasteiger partial charge in [-0.2, -0.15) is 0 Å². The maximum atomic E-state index is 12.7. The molecule has 0 aliphatic heterocycles. The molecule has 10 heteroatoms. The number of aryl methyl sites for hydroxylation is 1. The van der Waals surface area contributed by atoms with Crippen LogP contribution in [-0.2, 0) is 19.6 Å². The number of hydrazine groups is 1. The molecule has 0 spiro atoms. The van der Waals surface area contributed by atoms with Gasteiger partial charge < -0.3 is 4.74 Å². The van der Waals surface area contributed by atoms with E-state index in [1.165, 1.54) is 12.4 Å². The van der Waals surface area contributed by atoms with Gasteiger partial charge in [0.2, 0.25) is 6.41 Å². The van der Waals surface area contributed by atoms with Gasteiger partial charge in [-0.15, -0.1) is 0 Å². The number of hydrogen-bond acceptors (Lipinski definition) is 7. The second-order valence-corrected chi connectivity index (χ2v) is 8.91. The normalized spacial score (nSPS) is 10.9. The fourth-order valence-corrected chi connectivity index (χ4v) is 3.37. The number of amides is 1. The van der Waals surface area contributed by atoms with Crippen molar-refractivity contribution in [2.45, 2.75) is 52.0 Å². The highest BCUT2D eigenvalue weighted by molar-refractivity contribution is 7.90. The van der Waals surface area contributed by atoms with Crippen LogP contribution in [0.1, 0.15) is 40.2 Å². The number of hydrogen-bond donors (Lipinski definition) is 2. The lowest BCUT2D eigenvalue weighted by Gasteiger charge is -2.14. The number of fused-ring (bicyclic) bond motifs is 1. The molecular weight excluding hydrogens is 418 g/mol. The fraction of sp³-hybridized carbons (Fsp3) is 0.381. The Hall–Kier alpha value is -2.98. The number of anilines is 1. The molecule has 0 bridgehead atoms. The quantitative estimate of drug-likeness (QED) is 0.452. The standard InChI is InChI=1S/C14H13N5O3S.C5H12O.C2H6/c1-10-2-4-11(5-3-10)23(21,22)19-7-6-12-14(19)15-8-13(17-12)18-16-9-20;1-5(2,3)6-4;1-2/h2-9H,1H3,(H,16,20)(H,17,18);1-4H3;1-2H3. The third-order valence-electron chi connectivity index (χ3n) is 3.81. The van der Waals surface area contributed by atoms with Crippen molar-refractivity contribution in [2.75, 3.05) is 12.5 Å². The van der Waals surface area contributed by atoms with Crippen molar-refractivity contribution < 1.29 is 17.9 Å². The van der Waals surface area contributed by atoms with Crippen molar-refractivity contribution in [2.24, 2.45) is 0 Å². The summed E-state index contributed by atoms with van der Waals surface area (Å²) in [6.45, 7) is 11.9. The number of benzene rings is 1. The summed E-state index contributed by atoms with van der Waals surface area (Å²) in [7, 11) is -2.04. The van der Waals surface area contributed by atoms with E-state index in [2.05, 4.69) is 20.8 Å². The molecule has 0 atom stereocenters. The summed E-state index contributed by atoms with van der Waals surface area (Å²) in [4.78, 5) is 18.7. The molecule has 3 rings (SSSR count). The van der Waals surface area contributed by atoms with E-state index in [0.29, 0.717) is 17.7 Å². The Morgan fingerprint density at radius 1 is 1.10 bits per heavy atom. The van der Waals surface area contributed by atoms with Crippen LogP contribution in [-0.4, -0.2) is 41.5 Å². The molecule has 0 fully saturated rings. The van der Waals surface area contributed by atoms with Gasteiger partial charge in [0.1, 0.15) is 5.52 Å². The van der Waals surface area contributed by atoms with Crippen molar-refractivity contribution in [3.05, 3.63) is 48.3 Å². The molecular formula is C21H31N5O4S. The molecule has 0 saturated heterocycles. The minimum atomic E-state index is -3.75. The predicted molar refractivity (Wildman–Crippen MR) is 122 cm³/mol. The number of aromatic nitrogens is 3. The molecule has 0 radical (unpaired) electrons. The van der Waals surface area contributed by atoms with E-state index in [4.69, 9.17) is 4.74 Å². The Kier molecular flexibility index (Phi) is 9.60. The number of ether oxygens (including phenoxy) is 1. The average Bonchev–Trinajstić information content (AvgIpc) is 3.18. The molecule has 2 N–H and O–H groups in total. The Labute approximate surface area is 183 Å². The van der Waals surface area contributed by atoms with Crippen LogP contribution in [0, 0.1) is 6.92 Å². The van der Waals surface area contributed by atoms with Gasteiger partial charge in [-0.1, -0.05) is 31.5 Å². The predicted octanol–water partition coefficient (Wildman–Crippen LogP) is 3.51. The molecule has 170 valence electrons. The van der Waals surface area contributed by atoms with Crippen LogP contribution in [0.3, 0.4) is 0 Å². The van der Waals surface area contributed by atoms with Gasteiger partial charge in [-0.25, -0.2) is 22.4 Å². The zero-order valence-corrected chi connectivity index (χ0v) is 19.8. The number of nitrogens with one attached hydrogen (secondary N) is 2. The molecule has 2 aromatic heterocycles. The highest BCUT2D eigenvalue weighted by atomic mass is 32.2. The van der Waals surface area contributed by atoms with E-state index in [0.717, 1.165) is 9.54 Å². The Balaban J connectivity index is 0.000000521. The van der Waals surface area contributed by atoms with Crippen molar-refractivity contribution in [3.8, 4) is 0 Å². The first-order valence-electron chi connectivity index (χ1n) is 9.75. The summed E-state index contributed by atoms with van der Waals surface area (Å²) in [5.41, 5.74) is 6.37. The second kappa shape index (κ2) is 11.4. The molecule has 2 heterocycles. The highest BCUT2D eigenvalue weighted by Gasteiger charge is 2.20. The second-order valence-electron chi connectivity index (χ2n) is 7.10. The number of rotatable bonds is 5. The summed E-state index contributed by atoms with van der Waals surface area (Å²) in [5, 5.41) is 0. The number of carbonyl (C=O) groups is 1. The topological polar surface area (TPSA) is 115 Å². The lowest BCUT2D eigenvalue weighted by molar-refractivity contribution is -0.109. The SMILES string of the molecule is CC.COC(C)(C)C.Cc1ccc(S(=O)(=O)n2ccc3nc(NNC=O)cnc32)cc1. The molecule has 31 heavy (non-hydrogen) atoms. The third kappa shape index (κ3) is 7.34. The highest BCUT2D eigenvalue weighted by Crippen LogP contribution is 2.20. The zero-order valence-electron chi connectivity index (χ0n) is 19.0. The van der Waals surface area contributed by atoms with E-state index in [-0.39, 0.29) is 16.1 Å². The number of nitrogens with zero attached hydrogens (tertiary/aromatic N) is 3.